The summed E-state index contributed by atoms with van der Waals surface area (Å²) in [6.07, 6.45) is 2.89. The summed E-state index contributed by atoms with van der Waals surface area (Å²) in [6, 6.07) is 2.54. The van der Waals surface area contributed by atoms with Crippen molar-refractivity contribution in [2.45, 2.75) is 0 Å². The average molecular weight is 383 g/mol. The lowest BCUT2D eigenvalue weighted by molar-refractivity contribution is 0.245. The van der Waals surface area contributed by atoms with E-state index in [1.807, 2.05) is 0 Å². The molecule has 0 bridgehead atoms. The normalized spacial score (nSPS) is 10.8. The number of aliphatic hydroxyl groups excluding tert-OH is 1. The molecule has 2 aromatic heterocycles. The largest absolute Gasteiger partial charge is 0.450 e. The molecule has 0 unspecified atom stereocenters. The first kappa shape index (κ1) is 17.9. The third kappa shape index (κ3) is 3.68. The van der Waals surface area contributed by atoms with Crippen molar-refractivity contribution in [2.75, 3.05) is 18.5 Å². The van der Waals surface area contributed by atoms with Crippen molar-refractivity contribution in [3.8, 4) is 11.5 Å². The molecule has 1 aromatic carbocycles. The number of carbonyl (C=O) groups is 1. The quantitative estimate of drug-likeness (QED) is 0.543. The third-order valence-corrected chi connectivity index (χ3v) is 3.65. The predicted molar refractivity (Wildman–Crippen MR) is 91.6 cm³/mol. The molecule has 3 aromatic rings. The van der Waals surface area contributed by atoms with Crippen molar-refractivity contribution in [1.82, 2.24) is 15.3 Å². The lowest BCUT2D eigenvalue weighted by Crippen LogP contribution is -2.31. The van der Waals surface area contributed by atoms with Crippen molar-refractivity contribution in [3.05, 3.63) is 47.2 Å². The minimum absolute atomic E-state index is 0.00740. The standard InChI is InChI=1S/C16H13ClF2N4O3/c17-9-7-22-15-13(9)12(1-2-20-15)26-14-10(18)5-8(6-11(14)19)23-16(25)21-3-4-24/h1-2,5-7,24H,3-4H2,(H,20,22)(H2,21,23,25). The summed E-state index contributed by atoms with van der Waals surface area (Å²) in [4.78, 5) is 18.3. The van der Waals surface area contributed by atoms with Crippen LogP contribution in [0.15, 0.2) is 30.6 Å². The van der Waals surface area contributed by atoms with E-state index >= 15 is 0 Å². The van der Waals surface area contributed by atoms with Gasteiger partial charge in [-0.05, 0) is 6.07 Å². The maximum atomic E-state index is 14.3. The fourth-order valence-corrected chi connectivity index (χ4v) is 2.49. The van der Waals surface area contributed by atoms with Gasteiger partial charge in [-0.1, -0.05) is 11.6 Å². The second-order valence-corrected chi connectivity index (χ2v) is 5.55. The van der Waals surface area contributed by atoms with E-state index in [0.29, 0.717) is 16.1 Å². The smallest absolute Gasteiger partial charge is 0.319 e. The number of urea groups is 1. The number of halogens is 3. The number of H-pyrrole nitrogens is 1. The van der Waals surface area contributed by atoms with E-state index in [1.54, 1.807) is 0 Å². The number of anilines is 1. The molecule has 2 amide bonds. The van der Waals surface area contributed by atoms with Gasteiger partial charge in [-0.15, -0.1) is 0 Å². The van der Waals surface area contributed by atoms with E-state index in [-0.39, 0.29) is 24.6 Å². The van der Waals surface area contributed by atoms with E-state index in [0.717, 1.165) is 12.1 Å². The first-order chi connectivity index (χ1) is 12.5. The fourth-order valence-electron chi connectivity index (χ4n) is 2.26. The minimum Gasteiger partial charge on any atom is -0.450 e. The molecule has 3 rings (SSSR count). The molecule has 0 radical (unpaired) electrons. The topological polar surface area (TPSA) is 99.3 Å². The van der Waals surface area contributed by atoms with Crippen molar-refractivity contribution in [3.63, 3.8) is 0 Å². The summed E-state index contributed by atoms with van der Waals surface area (Å²) in [6.45, 7) is -0.251. The molecular weight excluding hydrogens is 370 g/mol. The van der Waals surface area contributed by atoms with E-state index in [9.17, 15) is 13.6 Å². The molecule has 0 aliphatic carbocycles. The van der Waals surface area contributed by atoms with E-state index in [2.05, 4.69) is 20.6 Å². The van der Waals surface area contributed by atoms with Gasteiger partial charge in [0.1, 0.15) is 11.4 Å². The van der Waals surface area contributed by atoms with Gasteiger partial charge >= 0.3 is 6.03 Å². The Balaban J connectivity index is 1.87. The van der Waals surface area contributed by atoms with Crippen LogP contribution in [0, 0.1) is 11.6 Å². The van der Waals surface area contributed by atoms with Crippen LogP contribution in [0.1, 0.15) is 0 Å². The number of amides is 2. The highest BCUT2D eigenvalue weighted by Gasteiger charge is 2.17. The van der Waals surface area contributed by atoms with E-state index in [1.165, 1.54) is 18.5 Å². The van der Waals surface area contributed by atoms with Crippen molar-refractivity contribution >= 4 is 34.4 Å². The van der Waals surface area contributed by atoms with Gasteiger partial charge < -0.3 is 25.5 Å². The van der Waals surface area contributed by atoms with Crippen molar-refractivity contribution in [1.29, 1.82) is 0 Å². The summed E-state index contributed by atoms with van der Waals surface area (Å²) in [5.41, 5.74) is 0.300. The van der Waals surface area contributed by atoms with Crippen LogP contribution < -0.4 is 15.4 Å². The lowest BCUT2D eigenvalue weighted by atomic mass is 10.2. The highest BCUT2D eigenvalue weighted by molar-refractivity contribution is 6.36. The number of rotatable bonds is 5. The molecule has 0 fully saturated rings. The van der Waals surface area contributed by atoms with E-state index < -0.39 is 23.4 Å². The van der Waals surface area contributed by atoms with Crippen molar-refractivity contribution < 1.29 is 23.4 Å². The van der Waals surface area contributed by atoms with Crippen LogP contribution in [0.5, 0.6) is 11.5 Å². The molecule has 0 atom stereocenters. The van der Waals surface area contributed by atoms with Gasteiger partial charge in [0.2, 0.25) is 0 Å². The Kier molecular flexibility index (Phi) is 5.19. The number of aliphatic hydroxyl groups is 1. The van der Waals surface area contributed by atoms with Gasteiger partial charge in [0.05, 0.1) is 17.0 Å². The maximum absolute atomic E-state index is 14.3. The molecule has 0 aliphatic heterocycles. The molecule has 2 heterocycles. The Bertz CT molecular complexity index is 941. The number of nitrogens with one attached hydrogen (secondary N) is 3. The summed E-state index contributed by atoms with van der Waals surface area (Å²) in [5.74, 6) is -2.55. The van der Waals surface area contributed by atoms with Gasteiger partial charge in [-0.2, -0.15) is 0 Å². The first-order valence-electron chi connectivity index (χ1n) is 7.43. The second kappa shape index (κ2) is 7.54. The molecule has 0 aliphatic rings. The molecule has 7 nitrogen and oxygen atoms in total. The molecule has 0 spiro atoms. The monoisotopic (exact) mass is 382 g/mol. The summed E-state index contributed by atoms with van der Waals surface area (Å²) in [7, 11) is 0. The highest BCUT2D eigenvalue weighted by atomic mass is 35.5. The van der Waals surface area contributed by atoms with Crippen LogP contribution in [0.3, 0.4) is 0 Å². The predicted octanol–water partition coefficient (Wildman–Crippen LogP) is 3.40. The van der Waals surface area contributed by atoms with Crippen molar-refractivity contribution in [2.24, 2.45) is 0 Å². The number of aromatic amines is 1. The Hall–Kier alpha value is -2.91. The summed E-state index contributed by atoms with van der Waals surface area (Å²) in [5, 5.41) is 13.9. The number of carbonyl (C=O) groups excluding carboxylic acids is 1. The van der Waals surface area contributed by atoms with Gasteiger partial charge in [0.15, 0.2) is 17.4 Å². The molecule has 0 saturated carbocycles. The number of hydrogen-bond donors (Lipinski definition) is 4. The number of pyridine rings is 1. The number of aromatic nitrogens is 2. The lowest BCUT2D eigenvalue weighted by Gasteiger charge is -2.12. The Morgan fingerprint density at radius 3 is 2.77 bits per heavy atom. The zero-order valence-corrected chi connectivity index (χ0v) is 13.9. The molecule has 136 valence electrons. The molecule has 26 heavy (non-hydrogen) atoms. The maximum Gasteiger partial charge on any atom is 0.319 e. The van der Waals surface area contributed by atoms with Gasteiger partial charge in [0, 0.05) is 36.8 Å². The van der Waals surface area contributed by atoms with Gasteiger partial charge in [-0.3, -0.25) is 0 Å². The number of benzene rings is 1. The number of hydrogen-bond acceptors (Lipinski definition) is 4. The van der Waals surface area contributed by atoms with E-state index in [4.69, 9.17) is 21.4 Å². The van der Waals surface area contributed by atoms with Gasteiger partial charge in [-0.25, -0.2) is 18.6 Å². The average Bonchev–Trinajstić information content (AvgIpc) is 2.98. The first-order valence-corrected chi connectivity index (χ1v) is 7.81. The summed E-state index contributed by atoms with van der Waals surface area (Å²) >= 11 is 6.04. The third-order valence-electron chi connectivity index (χ3n) is 3.35. The molecule has 10 heteroatoms. The Morgan fingerprint density at radius 2 is 2.08 bits per heavy atom. The zero-order chi connectivity index (χ0) is 18.7. The highest BCUT2D eigenvalue weighted by Crippen LogP contribution is 2.36. The number of ether oxygens (including phenoxy) is 1. The molecular formula is C16H13ClF2N4O3. The van der Waals surface area contributed by atoms with Crippen LogP contribution >= 0.6 is 11.6 Å². The summed E-state index contributed by atoms with van der Waals surface area (Å²) < 4.78 is 33.9. The number of nitrogens with zero attached hydrogens (tertiary/aromatic N) is 1. The molecule has 4 N–H and O–H groups in total. The van der Waals surface area contributed by atoms with Crippen LogP contribution in [-0.4, -0.2) is 34.3 Å². The van der Waals surface area contributed by atoms with Crippen LogP contribution in [-0.2, 0) is 0 Å². The minimum atomic E-state index is -1.01. The molecule has 0 saturated heterocycles. The Morgan fingerprint density at radius 1 is 1.35 bits per heavy atom. The van der Waals surface area contributed by atoms with Crippen LogP contribution in [0.25, 0.3) is 11.0 Å². The van der Waals surface area contributed by atoms with Crippen LogP contribution in [0.4, 0.5) is 19.3 Å². The SMILES string of the molecule is O=C(NCCO)Nc1cc(F)c(Oc2ccnc3[nH]cc(Cl)c23)c(F)c1. The zero-order valence-electron chi connectivity index (χ0n) is 13.1. The number of fused-ring (bicyclic) bond motifs is 1. The second-order valence-electron chi connectivity index (χ2n) is 5.14. The fraction of sp³-hybridized carbons (Fsp3) is 0.125. The van der Waals surface area contributed by atoms with Crippen LogP contribution in [0.2, 0.25) is 5.02 Å². The van der Waals surface area contributed by atoms with Gasteiger partial charge in [0.25, 0.3) is 0 Å². The Labute approximate surface area is 150 Å².